The van der Waals surface area contributed by atoms with E-state index in [9.17, 15) is 0 Å². The summed E-state index contributed by atoms with van der Waals surface area (Å²) in [7, 11) is 0. The van der Waals surface area contributed by atoms with Gasteiger partial charge in [0.1, 0.15) is 0 Å². The van der Waals surface area contributed by atoms with Gasteiger partial charge in [0.15, 0.2) is 0 Å². The molecule has 1 aliphatic rings. The summed E-state index contributed by atoms with van der Waals surface area (Å²) in [6.07, 6.45) is 0. The second-order valence-electron chi connectivity index (χ2n) is 3.88. The van der Waals surface area contributed by atoms with E-state index >= 15 is 0 Å². The minimum absolute atomic E-state index is 0.572. The van der Waals surface area contributed by atoms with Crippen LogP contribution in [0.25, 0.3) is 10.9 Å². The third-order valence-corrected chi connectivity index (χ3v) is 3.18. The van der Waals surface area contributed by atoms with E-state index in [2.05, 4.69) is 41.8 Å². The van der Waals surface area contributed by atoms with E-state index < -0.39 is 0 Å². The second kappa shape index (κ2) is 2.13. The molecule has 13 heavy (non-hydrogen) atoms. The van der Waals surface area contributed by atoms with E-state index in [1.807, 2.05) is 6.07 Å². The molecule has 2 atom stereocenters. The third-order valence-electron chi connectivity index (χ3n) is 3.18. The number of fused-ring (bicyclic) bond motifs is 3. The van der Waals surface area contributed by atoms with Crippen molar-refractivity contribution in [1.29, 1.82) is 0 Å². The molecule has 0 N–H and O–H groups in total. The molecule has 1 aromatic carbocycles. The van der Waals surface area contributed by atoms with Gasteiger partial charge in [0.2, 0.25) is 0 Å². The van der Waals surface area contributed by atoms with Gasteiger partial charge in [0.05, 0.1) is 17.3 Å². The molecule has 2 aromatic rings. The predicted molar refractivity (Wildman–Crippen MR) is 52.9 cm³/mol. The lowest BCUT2D eigenvalue weighted by Crippen LogP contribution is -2.28. The Labute approximate surface area is 77.2 Å². The van der Waals surface area contributed by atoms with Gasteiger partial charge >= 0.3 is 0 Å². The molecule has 0 bridgehead atoms. The maximum Gasteiger partial charge on any atom is 0.0926 e. The third kappa shape index (κ3) is 0.711. The minimum atomic E-state index is 0.572. The van der Waals surface area contributed by atoms with Crippen molar-refractivity contribution >= 4 is 10.9 Å². The summed E-state index contributed by atoms with van der Waals surface area (Å²) in [6, 6.07) is 8.95. The first kappa shape index (κ1) is 7.13. The van der Waals surface area contributed by atoms with Crippen molar-refractivity contribution in [2.75, 3.05) is 0 Å². The van der Waals surface area contributed by atoms with Crippen LogP contribution in [0.5, 0.6) is 0 Å². The lowest BCUT2D eigenvalue weighted by atomic mass is 9.90. The van der Waals surface area contributed by atoms with Gasteiger partial charge in [-0.2, -0.15) is 5.10 Å². The summed E-state index contributed by atoms with van der Waals surface area (Å²) in [5, 5.41) is 5.87. The zero-order chi connectivity index (χ0) is 9.00. The highest BCUT2D eigenvalue weighted by molar-refractivity contribution is 5.83. The van der Waals surface area contributed by atoms with Crippen molar-refractivity contribution in [3.63, 3.8) is 0 Å². The topological polar surface area (TPSA) is 17.8 Å². The molecule has 0 fully saturated rings. The van der Waals surface area contributed by atoms with Crippen LogP contribution in [0.15, 0.2) is 24.3 Å². The molecule has 0 spiro atoms. The monoisotopic (exact) mass is 172 g/mol. The van der Waals surface area contributed by atoms with Gasteiger partial charge in [-0.25, -0.2) is 0 Å². The van der Waals surface area contributed by atoms with E-state index in [1.54, 1.807) is 0 Å². The van der Waals surface area contributed by atoms with Crippen LogP contribution in [0.3, 0.4) is 0 Å². The van der Waals surface area contributed by atoms with Crippen molar-refractivity contribution in [2.45, 2.75) is 25.8 Å². The van der Waals surface area contributed by atoms with Gasteiger partial charge in [-0.1, -0.05) is 25.1 Å². The highest BCUT2D eigenvalue weighted by Crippen LogP contribution is 2.42. The van der Waals surface area contributed by atoms with Crippen LogP contribution in [0.2, 0.25) is 0 Å². The summed E-state index contributed by atoms with van der Waals surface area (Å²) < 4.78 is 2.15. The van der Waals surface area contributed by atoms with Crippen LogP contribution in [-0.4, -0.2) is 9.78 Å². The molecule has 0 radical (unpaired) electrons. The van der Waals surface area contributed by atoms with Gasteiger partial charge in [0.25, 0.3) is 0 Å². The largest absolute Gasteiger partial charge is 0.265 e. The quantitative estimate of drug-likeness (QED) is 0.597. The summed E-state index contributed by atoms with van der Waals surface area (Å²) in [5.41, 5.74) is 2.54. The fourth-order valence-electron chi connectivity index (χ4n) is 2.19. The summed E-state index contributed by atoms with van der Waals surface area (Å²) in [4.78, 5) is 0. The number of hydrogen-bond donors (Lipinski definition) is 0. The van der Waals surface area contributed by atoms with Crippen LogP contribution < -0.4 is 0 Å². The first-order valence-electron chi connectivity index (χ1n) is 4.76. The van der Waals surface area contributed by atoms with Crippen molar-refractivity contribution in [1.82, 2.24) is 9.78 Å². The molecule has 0 saturated carbocycles. The van der Waals surface area contributed by atoms with Crippen LogP contribution in [0, 0.1) is 0 Å². The molecule has 66 valence electrons. The number of aromatic nitrogens is 2. The highest BCUT2D eigenvalue weighted by Gasteiger charge is 2.33. The minimum Gasteiger partial charge on any atom is -0.265 e. The molecule has 2 nitrogen and oxygen atoms in total. The van der Waals surface area contributed by atoms with Crippen molar-refractivity contribution in [2.24, 2.45) is 0 Å². The van der Waals surface area contributed by atoms with Crippen LogP contribution in [-0.2, 0) is 0 Å². The zero-order valence-electron chi connectivity index (χ0n) is 7.86. The Balaban J connectivity index is 2.39. The maximum atomic E-state index is 4.55. The van der Waals surface area contributed by atoms with Crippen LogP contribution in [0.1, 0.15) is 31.5 Å². The molecule has 2 unspecified atom stereocenters. The number of rotatable bonds is 0. The molecular formula is C11H12N2. The molecule has 1 aliphatic heterocycles. The number of nitrogens with zero attached hydrogens (tertiary/aromatic N) is 2. The zero-order valence-corrected chi connectivity index (χ0v) is 7.86. The standard InChI is InChI=1S/C11H12N2/c1-7-8(2)13-11(7)9-5-3-4-6-10(9)12-13/h3-8H,1-2H3. The Bertz CT molecular complexity index is 470. The fraction of sp³-hybridized carbons (Fsp3) is 0.364. The Morgan fingerprint density at radius 3 is 2.85 bits per heavy atom. The van der Waals surface area contributed by atoms with Gasteiger partial charge in [-0.05, 0) is 13.0 Å². The molecule has 2 heteroatoms. The van der Waals surface area contributed by atoms with Gasteiger partial charge < -0.3 is 0 Å². The van der Waals surface area contributed by atoms with E-state index in [1.165, 1.54) is 11.1 Å². The Hall–Kier alpha value is -1.31. The Morgan fingerprint density at radius 1 is 1.23 bits per heavy atom. The molecule has 0 saturated heterocycles. The van der Waals surface area contributed by atoms with Gasteiger partial charge in [-0.15, -0.1) is 0 Å². The van der Waals surface area contributed by atoms with Crippen LogP contribution in [0.4, 0.5) is 0 Å². The lowest BCUT2D eigenvalue weighted by molar-refractivity contribution is 0.319. The van der Waals surface area contributed by atoms with Gasteiger partial charge in [-0.3, -0.25) is 4.68 Å². The fourth-order valence-corrected chi connectivity index (χ4v) is 2.19. The van der Waals surface area contributed by atoms with Crippen LogP contribution >= 0.6 is 0 Å². The molecule has 1 aromatic heterocycles. The molecule has 0 amide bonds. The molecule has 2 heterocycles. The smallest absolute Gasteiger partial charge is 0.0926 e. The summed E-state index contributed by atoms with van der Waals surface area (Å²) >= 11 is 0. The first-order chi connectivity index (χ1) is 6.29. The van der Waals surface area contributed by atoms with E-state index in [0.717, 1.165) is 5.52 Å². The highest BCUT2D eigenvalue weighted by atomic mass is 15.3. The first-order valence-corrected chi connectivity index (χ1v) is 4.76. The molecule has 3 rings (SSSR count). The van der Waals surface area contributed by atoms with Crippen molar-refractivity contribution in [3.05, 3.63) is 30.0 Å². The maximum absolute atomic E-state index is 4.55. The molecular weight excluding hydrogens is 160 g/mol. The summed E-state index contributed by atoms with van der Waals surface area (Å²) in [6.45, 7) is 4.50. The van der Waals surface area contributed by atoms with E-state index in [4.69, 9.17) is 0 Å². The molecule has 0 aliphatic carbocycles. The average molecular weight is 172 g/mol. The van der Waals surface area contributed by atoms with Crippen molar-refractivity contribution < 1.29 is 0 Å². The van der Waals surface area contributed by atoms with Crippen molar-refractivity contribution in [3.8, 4) is 0 Å². The predicted octanol–water partition coefficient (Wildman–Crippen LogP) is 2.71. The number of hydrogen-bond acceptors (Lipinski definition) is 1. The normalized spacial score (nSPS) is 25.7. The lowest BCUT2D eigenvalue weighted by Gasteiger charge is -2.33. The second-order valence-corrected chi connectivity index (χ2v) is 3.88. The SMILES string of the molecule is CC1c2c3ccccc3nn2C1C. The average Bonchev–Trinajstić information content (AvgIpc) is 2.52. The Kier molecular flexibility index (Phi) is 1.17. The van der Waals surface area contributed by atoms with Gasteiger partial charge in [0, 0.05) is 11.3 Å². The Morgan fingerprint density at radius 2 is 2.00 bits per heavy atom. The van der Waals surface area contributed by atoms with E-state index in [-0.39, 0.29) is 0 Å². The van der Waals surface area contributed by atoms with E-state index in [0.29, 0.717) is 12.0 Å². The number of benzene rings is 1. The summed E-state index contributed by atoms with van der Waals surface area (Å²) in [5.74, 6) is 0.660.